The lowest BCUT2D eigenvalue weighted by molar-refractivity contribution is 0.174. The summed E-state index contributed by atoms with van der Waals surface area (Å²) >= 11 is 0. The van der Waals surface area contributed by atoms with Crippen LogP contribution in [0.1, 0.15) is 58.2 Å². The van der Waals surface area contributed by atoms with Crippen LogP contribution in [0.25, 0.3) is 0 Å². The monoisotopic (exact) mass is 278 g/mol. The number of nitrogens with one attached hydrogen (secondary N) is 1. The number of hydrogen-bond donors (Lipinski definition) is 1. The van der Waals surface area contributed by atoms with Crippen molar-refractivity contribution in [2.75, 3.05) is 6.54 Å². The summed E-state index contributed by atoms with van der Waals surface area (Å²) < 4.78 is 13.1. The Morgan fingerprint density at radius 2 is 1.95 bits per heavy atom. The molecule has 3 heteroatoms. The zero-order chi connectivity index (χ0) is 14.5. The van der Waals surface area contributed by atoms with Crippen LogP contribution in [0.5, 0.6) is 0 Å². The first-order chi connectivity index (χ1) is 9.60. The molecule has 20 heavy (non-hydrogen) atoms. The molecule has 1 aromatic heterocycles. The Hall–Kier alpha value is -0.960. The van der Waals surface area contributed by atoms with E-state index in [2.05, 4.69) is 31.1 Å². The minimum atomic E-state index is -0.256. The molecular weight excluding hydrogens is 251 g/mol. The summed E-state index contributed by atoms with van der Waals surface area (Å²) in [6.45, 7) is 7.85. The predicted molar refractivity (Wildman–Crippen MR) is 80.9 cm³/mol. The van der Waals surface area contributed by atoms with Crippen molar-refractivity contribution in [3.05, 3.63) is 29.8 Å². The normalized spacial score (nSPS) is 28.3. The maximum Gasteiger partial charge on any atom is 0.141 e. The van der Waals surface area contributed by atoms with E-state index in [-0.39, 0.29) is 11.9 Å². The Bertz CT molecular complexity index is 394. The van der Waals surface area contributed by atoms with Gasteiger partial charge in [0.25, 0.3) is 0 Å². The molecule has 1 heterocycles. The Labute approximate surface area is 122 Å². The molecule has 112 valence electrons. The largest absolute Gasteiger partial charge is 0.308 e. The standard InChI is InChI=1S/C17H27FN2/c1-4-7-19-17(16-6-5-15(18)11-20-16)14-9-12(2)8-13(3)10-14/h5-6,11-14,17,19H,4,7-10H2,1-3H3. The van der Waals surface area contributed by atoms with Gasteiger partial charge >= 0.3 is 0 Å². The van der Waals surface area contributed by atoms with Crippen LogP contribution in [0.4, 0.5) is 4.39 Å². The molecule has 1 saturated carbocycles. The predicted octanol–water partition coefficient (Wildman–Crippen LogP) is 4.33. The highest BCUT2D eigenvalue weighted by Gasteiger charge is 2.31. The number of halogens is 1. The van der Waals surface area contributed by atoms with Gasteiger partial charge in [0.2, 0.25) is 0 Å². The van der Waals surface area contributed by atoms with Crippen molar-refractivity contribution in [3.8, 4) is 0 Å². The van der Waals surface area contributed by atoms with Gasteiger partial charge in [0.15, 0.2) is 0 Å². The maximum absolute atomic E-state index is 13.1. The summed E-state index contributed by atoms with van der Waals surface area (Å²) in [4.78, 5) is 4.32. The molecule has 0 bridgehead atoms. The van der Waals surface area contributed by atoms with E-state index in [0.29, 0.717) is 5.92 Å². The second kappa shape index (κ2) is 7.16. The minimum absolute atomic E-state index is 0.256. The van der Waals surface area contributed by atoms with Gasteiger partial charge in [0.05, 0.1) is 17.9 Å². The van der Waals surface area contributed by atoms with Gasteiger partial charge in [-0.2, -0.15) is 0 Å². The van der Waals surface area contributed by atoms with Gasteiger partial charge in [-0.3, -0.25) is 4.98 Å². The van der Waals surface area contributed by atoms with Crippen LogP contribution in [-0.4, -0.2) is 11.5 Å². The lowest BCUT2D eigenvalue weighted by Crippen LogP contribution is -2.34. The van der Waals surface area contributed by atoms with Crippen LogP contribution >= 0.6 is 0 Å². The molecule has 1 aliphatic rings. The summed E-state index contributed by atoms with van der Waals surface area (Å²) in [6, 6.07) is 3.63. The van der Waals surface area contributed by atoms with E-state index in [1.54, 1.807) is 0 Å². The molecule has 0 saturated heterocycles. The van der Waals surface area contributed by atoms with Gasteiger partial charge in [-0.05, 0) is 62.1 Å². The van der Waals surface area contributed by atoms with Gasteiger partial charge in [-0.1, -0.05) is 20.8 Å². The zero-order valence-electron chi connectivity index (χ0n) is 12.9. The molecular formula is C17H27FN2. The second-order valence-electron chi connectivity index (χ2n) is 6.51. The van der Waals surface area contributed by atoms with E-state index in [1.807, 2.05) is 6.07 Å². The summed E-state index contributed by atoms with van der Waals surface area (Å²) in [6.07, 6.45) is 6.25. The van der Waals surface area contributed by atoms with Crippen LogP contribution in [0.15, 0.2) is 18.3 Å². The first-order valence-corrected chi connectivity index (χ1v) is 7.95. The van der Waals surface area contributed by atoms with Crippen LogP contribution in [-0.2, 0) is 0 Å². The lowest BCUT2D eigenvalue weighted by atomic mass is 9.73. The molecule has 2 nitrogen and oxygen atoms in total. The van der Waals surface area contributed by atoms with Gasteiger partial charge in [-0.25, -0.2) is 4.39 Å². The summed E-state index contributed by atoms with van der Waals surface area (Å²) in [5.41, 5.74) is 0.992. The number of rotatable bonds is 5. The third kappa shape index (κ3) is 4.02. The molecule has 0 amide bonds. The summed E-state index contributed by atoms with van der Waals surface area (Å²) in [5, 5.41) is 3.63. The number of pyridine rings is 1. The maximum atomic E-state index is 13.1. The second-order valence-corrected chi connectivity index (χ2v) is 6.51. The van der Waals surface area contributed by atoms with E-state index in [4.69, 9.17) is 0 Å². The van der Waals surface area contributed by atoms with Crippen molar-refractivity contribution >= 4 is 0 Å². The Kier molecular flexibility index (Phi) is 5.53. The zero-order valence-corrected chi connectivity index (χ0v) is 12.9. The Morgan fingerprint density at radius 1 is 1.25 bits per heavy atom. The van der Waals surface area contributed by atoms with E-state index in [0.717, 1.165) is 30.5 Å². The smallest absolute Gasteiger partial charge is 0.141 e. The fourth-order valence-corrected chi connectivity index (χ4v) is 3.67. The van der Waals surface area contributed by atoms with E-state index in [1.165, 1.54) is 31.5 Å². The topological polar surface area (TPSA) is 24.9 Å². The molecule has 1 aliphatic carbocycles. The average Bonchev–Trinajstić information content (AvgIpc) is 2.40. The van der Waals surface area contributed by atoms with Crippen molar-refractivity contribution in [3.63, 3.8) is 0 Å². The highest BCUT2D eigenvalue weighted by Crippen LogP contribution is 2.39. The average molecular weight is 278 g/mol. The van der Waals surface area contributed by atoms with Gasteiger partial charge in [0, 0.05) is 0 Å². The van der Waals surface area contributed by atoms with Crippen LogP contribution in [0.3, 0.4) is 0 Å². The molecule has 0 aliphatic heterocycles. The number of aromatic nitrogens is 1. The fraction of sp³-hybridized carbons (Fsp3) is 0.706. The van der Waals surface area contributed by atoms with Crippen LogP contribution in [0, 0.1) is 23.6 Å². The highest BCUT2D eigenvalue weighted by atomic mass is 19.1. The van der Waals surface area contributed by atoms with Gasteiger partial charge in [-0.15, -0.1) is 0 Å². The molecule has 2 rings (SSSR count). The molecule has 0 spiro atoms. The molecule has 0 aromatic carbocycles. The molecule has 1 aromatic rings. The number of nitrogens with zero attached hydrogens (tertiary/aromatic N) is 1. The SMILES string of the molecule is CCCNC(c1ccc(F)cn1)C1CC(C)CC(C)C1. The minimum Gasteiger partial charge on any atom is -0.308 e. The van der Waals surface area contributed by atoms with Crippen molar-refractivity contribution < 1.29 is 4.39 Å². The molecule has 1 N–H and O–H groups in total. The van der Waals surface area contributed by atoms with E-state index in [9.17, 15) is 4.39 Å². The lowest BCUT2D eigenvalue weighted by Gasteiger charge is -2.36. The Morgan fingerprint density at radius 3 is 2.50 bits per heavy atom. The third-order valence-corrected chi connectivity index (χ3v) is 4.37. The molecule has 1 fully saturated rings. The van der Waals surface area contributed by atoms with Crippen molar-refractivity contribution in [2.24, 2.45) is 17.8 Å². The quantitative estimate of drug-likeness (QED) is 0.867. The van der Waals surface area contributed by atoms with Crippen LogP contribution in [0.2, 0.25) is 0 Å². The van der Waals surface area contributed by atoms with Crippen molar-refractivity contribution in [1.29, 1.82) is 0 Å². The summed E-state index contributed by atoms with van der Waals surface area (Å²) in [7, 11) is 0. The molecule has 3 atom stereocenters. The van der Waals surface area contributed by atoms with Gasteiger partial charge < -0.3 is 5.32 Å². The number of hydrogen-bond acceptors (Lipinski definition) is 2. The first-order valence-electron chi connectivity index (χ1n) is 7.95. The highest BCUT2D eigenvalue weighted by molar-refractivity contribution is 5.11. The third-order valence-electron chi connectivity index (χ3n) is 4.37. The van der Waals surface area contributed by atoms with E-state index >= 15 is 0 Å². The molecule has 0 radical (unpaired) electrons. The van der Waals surface area contributed by atoms with E-state index < -0.39 is 0 Å². The first kappa shape index (κ1) is 15.4. The summed E-state index contributed by atoms with van der Waals surface area (Å²) in [5.74, 6) is 1.90. The van der Waals surface area contributed by atoms with Crippen molar-refractivity contribution in [1.82, 2.24) is 10.3 Å². The van der Waals surface area contributed by atoms with Crippen LogP contribution < -0.4 is 5.32 Å². The van der Waals surface area contributed by atoms with Crippen molar-refractivity contribution in [2.45, 2.75) is 52.5 Å². The fourth-order valence-electron chi connectivity index (χ4n) is 3.67. The van der Waals surface area contributed by atoms with Gasteiger partial charge in [0.1, 0.15) is 5.82 Å². The Balaban J connectivity index is 2.15. The molecule has 3 unspecified atom stereocenters.